The van der Waals surface area contributed by atoms with Gasteiger partial charge in [0, 0.05) is 17.4 Å². The quantitative estimate of drug-likeness (QED) is 0.661. The molecule has 142 valence electrons. The predicted octanol–water partition coefficient (Wildman–Crippen LogP) is 4.05. The highest BCUT2D eigenvalue weighted by Gasteiger charge is 2.09. The highest BCUT2D eigenvalue weighted by molar-refractivity contribution is 7.95. The molecule has 28 heavy (non-hydrogen) atoms. The summed E-state index contributed by atoms with van der Waals surface area (Å²) < 4.78 is 26.8. The lowest BCUT2D eigenvalue weighted by molar-refractivity contribution is 0.102. The number of sulfonamides is 1. The van der Waals surface area contributed by atoms with Crippen LogP contribution in [0.15, 0.2) is 78.3 Å². The maximum atomic E-state index is 12.3. The molecular formula is C21H19N3O3S. The molecule has 0 spiro atoms. The third kappa shape index (κ3) is 5.52. The molecule has 0 radical (unpaired) electrons. The van der Waals surface area contributed by atoms with Gasteiger partial charge in [-0.3, -0.25) is 9.52 Å². The molecule has 6 nitrogen and oxygen atoms in total. The fourth-order valence-electron chi connectivity index (χ4n) is 2.35. The lowest BCUT2D eigenvalue weighted by atomic mass is 10.2. The van der Waals surface area contributed by atoms with E-state index >= 15 is 0 Å². The highest BCUT2D eigenvalue weighted by atomic mass is 32.2. The standard InChI is InChI=1S/C21H19N3O3S/c1-16-7-12-20(22-15-16)23-21(25)18-8-10-19(11-9-18)24-28(26,27)14-13-17-5-3-2-4-6-17/h2-15,24H,1H3,(H,22,23,25)/b14-13-. The number of hydrogen-bond donors (Lipinski definition) is 2. The van der Waals surface area contributed by atoms with Crippen molar-refractivity contribution in [1.29, 1.82) is 0 Å². The van der Waals surface area contributed by atoms with Gasteiger partial charge in [0.25, 0.3) is 15.9 Å². The number of anilines is 2. The molecule has 0 saturated heterocycles. The van der Waals surface area contributed by atoms with E-state index in [1.807, 2.05) is 43.3 Å². The zero-order valence-corrected chi connectivity index (χ0v) is 16.0. The number of aryl methyl sites for hydroxylation is 1. The van der Waals surface area contributed by atoms with Crippen molar-refractivity contribution in [1.82, 2.24) is 4.98 Å². The van der Waals surface area contributed by atoms with Crippen molar-refractivity contribution in [3.05, 3.63) is 95.0 Å². The van der Waals surface area contributed by atoms with Crippen LogP contribution >= 0.6 is 0 Å². The third-order valence-electron chi connectivity index (χ3n) is 3.80. The minimum Gasteiger partial charge on any atom is -0.307 e. The normalized spacial score (nSPS) is 11.3. The summed E-state index contributed by atoms with van der Waals surface area (Å²) in [5.41, 5.74) is 2.54. The van der Waals surface area contributed by atoms with E-state index in [2.05, 4.69) is 15.0 Å². The molecule has 0 aliphatic rings. The summed E-state index contributed by atoms with van der Waals surface area (Å²) in [7, 11) is -3.66. The Bertz CT molecular complexity index is 1080. The summed E-state index contributed by atoms with van der Waals surface area (Å²) in [6.45, 7) is 1.91. The van der Waals surface area contributed by atoms with Gasteiger partial charge in [0.2, 0.25) is 0 Å². The largest absolute Gasteiger partial charge is 0.307 e. The Balaban J connectivity index is 1.64. The summed E-state index contributed by atoms with van der Waals surface area (Å²) in [6, 6.07) is 18.9. The zero-order chi connectivity index (χ0) is 20.0. The third-order valence-corrected chi connectivity index (χ3v) is 4.81. The van der Waals surface area contributed by atoms with E-state index in [4.69, 9.17) is 0 Å². The number of pyridine rings is 1. The lowest BCUT2D eigenvalue weighted by Crippen LogP contribution is -2.13. The van der Waals surface area contributed by atoms with Crippen LogP contribution in [0, 0.1) is 6.92 Å². The van der Waals surface area contributed by atoms with E-state index in [0.717, 1.165) is 16.5 Å². The maximum Gasteiger partial charge on any atom is 0.256 e. The van der Waals surface area contributed by atoms with Crippen molar-refractivity contribution >= 4 is 33.5 Å². The molecule has 7 heteroatoms. The molecule has 3 aromatic rings. The highest BCUT2D eigenvalue weighted by Crippen LogP contribution is 2.14. The number of nitrogens with one attached hydrogen (secondary N) is 2. The van der Waals surface area contributed by atoms with E-state index in [-0.39, 0.29) is 5.91 Å². The van der Waals surface area contributed by atoms with E-state index in [0.29, 0.717) is 17.1 Å². The fraction of sp³-hybridized carbons (Fsp3) is 0.0476. The van der Waals surface area contributed by atoms with E-state index < -0.39 is 10.0 Å². The second kappa shape index (κ2) is 8.49. The average molecular weight is 393 g/mol. The van der Waals surface area contributed by atoms with Crippen molar-refractivity contribution in [3.8, 4) is 0 Å². The number of carbonyl (C=O) groups excluding carboxylic acids is 1. The van der Waals surface area contributed by atoms with Gasteiger partial charge in [0.15, 0.2) is 0 Å². The fourth-order valence-corrected chi connectivity index (χ4v) is 3.22. The number of rotatable bonds is 6. The molecule has 0 atom stereocenters. The van der Waals surface area contributed by atoms with E-state index in [1.54, 1.807) is 24.4 Å². The van der Waals surface area contributed by atoms with Crippen LogP contribution in [0.4, 0.5) is 11.5 Å². The van der Waals surface area contributed by atoms with E-state index in [9.17, 15) is 13.2 Å². The molecule has 0 bridgehead atoms. The molecule has 3 rings (SSSR count). The van der Waals surface area contributed by atoms with E-state index in [1.165, 1.54) is 18.2 Å². The first kappa shape index (κ1) is 19.3. The van der Waals surface area contributed by atoms with Gasteiger partial charge in [-0.1, -0.05) is 36.4 Å². The number of aromatic nitrogens is 1. The Labute approximate surface area is 164 Å². The van der Waals surface area contributed by atoms with Gasteiger partial charge in [0.1, 0.15) is 5.82 Å². The molecule has 1 amide bonds. The minimum absolute atomic E-state index is 0.324. The van der Waals surface area contributed by atoms with Gasteiger partial charge in [-0.05, 0) is 54.5 Å². The molecule has 0 fully saturated rings. The average Bonchev–Trinajstić information content (AvgIpc) is 2.69. The molecule has 2 aromatic carbocycles. The molecule has 0 unspecified atom stereocenters. The topological polar surface area (TPSA) is 88.2 Å². The van der Waals surface area contributed by atoms with Gasteiger partial charge in [-0.2, -0.15) is 0 Å². The van der Waals surface area contributed by atoms with Crippen LogP contribution in [0.5, 0.6) is 0 Å². The van der Waals surface area contributed by atoms with Crippen LogP contribution in [0.25, 0.3) is 6.08 Å². The maximum absolute atomic E-state index is 12.3. The molecule has 0 aliphatic heterocycles. The molecule has 1 aromatic heterocycles. The monoisotopic (exact) mass is 393 g/mol. The van der Waals surface area contributed by atoms with Crippen LogP contribution in [-0.2, 0) is 10.0 Å². The summed E-state index contributed by atoms with van der Waals surface area (Å²) >= 11 is 0. The zero-order valence-electron chi connectivity index (χ0n) is 15.2. The lowest BCUT2D eigenvalue weighted by Gasteiger charge is -2.07. The number of hydrogen-bond acceptors (Lipinski definition) is 4. The predicted molar refractivity (Wildman–Crippen MR) is 111 cm³/mol. The molecular weight excluding hydrogens is 374 g/mol. The van der Waals surface area contributed by atoms with Gasteiger partial charge in [-0.25, -0.2) is 13.4 Å². The van der Waals surface area contributed by atoms with Crippen LogP contribution < -0.4 is 10.0 Å². The second-order valence-corrected chi connectivity index (χ2v) is 7.68. The van der Waals surface area contributed by atoms with Crippen LogP contribution in [0.1, 0.15) is 21.5 Å². The number of nitrogens with zero attached hydrogens (tertiary/aromatic N) is 1. The van der Waals surface area contributed by atoms with Crippen molar-refractivity contribution in [2.45, 2.75) is 6.92 Å². The van der Waals surface area contributed by atoms with Crippen molar-refractivity contribution in [2.75, 3.05) is 10.0 Å². The summed E-state index contributed by atoms with van der Waals surface area (Å²) in [4.78, 5) is 16.4. The van der Waals surface area contributed by atoms with Gasteiger partial charge < -0.3 is 5.32 Å². The number of carbonyl (C=O) groups is 1. The summed E-state index contributed by atoms with van der Waals surface area (Å²) in [6.07, 6.45) is 3.18. The first-order chi connectivity index (χ1) is 13.4. The molecule has 2 N–H and O–H groups in total. The first-order valence-electron chi connectivity index (χ1n) is 8.51. The molecule has 0 saturated carbocycles. The van der Waals surface area contributed by atoms with Crippen molar-refractivity contribution < 1.29 is 13.2 Å². The number of amides is 1. The summed E-state index contributed by atoms with van der Waals surface area (Å²) in [5, 5.41) is 3.79. The minimum atomic E-state index is -3.66. The van der Waals surface area contributed by atoms with Gasteiger partial charge in [-0.15, -0.1) is 0 Å². The SMILES string of the molecule is Cc1ccc(NC(=O)c2ccc(NS(=O)(=O)/C=C\c3ccccc3)cc2)nc1. The van der Waals surface area contributed by atoms with Crippen LogP contribution in [0.3, 0.4) is 0 Å². The summed E-state index contributed by atoms with van der Waals surface area (Å²) in [5.74, 6) is 0.126. The Morgan fingerprint density at radius 1 is 0.964 bits per heavy atom. The van der Waals surface area contributed by atoms with Gasteiger partial charge in [0.05, 0.1) is 5.41 Å². The smallest absolute Gasteiger partial charge is 0.256 e. The second-order valence-electron chi connectivity index (χ2n) is 6.11. The van der Waals surface area contributed by atoms with Crippen LogP contribution in [0.2, 0.25) is 0 Å². The molecule has 0 aliphatic carbocycles. The van der Waals surface area contributed by atoms with Gasteiger partial charge >= 0.3 is 0 Å². The number of benzene rings is 2. The first-order valence-corrected chi connectivity index (χ1v) is 10.1. The Kier molecular flexibility index (Phi) is 5.86. The molecule has 1 heterocycles. The van der Waals surface area contributed by atoms with Crippen LogP contribution in [-0.4, -0.2) is 19.3 Å². The Hall–Kier alpha value is -3.45. The Morgan fingerprint density at radius 3 is 2.32 bits per heavy atom. The van der Waals surface area contributed by atoms with Crippen molar-refractivity contribution in [3.63, 3.8) is 0 Å². The van der Waals surface area contributed by atoms with Crippen molar-refractivity contribution in [2.24, 2.45) is 0 Å². The Morgan fingerprint density at radius 2 is 1.68 bits per heavy atom.